The molecule has 1 aliphatic heterocycles. The molecule has 0 unspecified atom stereocenters. The number of ether oxygens (including phenoxy) is 1. The van der Waals surface area contributed by atoms with Gasteiger partial charge in [-0.05, 0) is 36.2 Å². The topological polar surface area (TPSA) is 105 Å². The summed E-state index contributed by atoms with van der Waals surface area (Å²) in [6.07, 6.45) is 0.418. The Labute approximate surface area is 222 Å². The first kappa shape index (κ1) is 25.0. The molecule has 0 radical (unpaired) electrons. The van der Waals surface area contributed by atoms with Crippen molar-refractivity contribution in [2.75, 3.05) is 16.0 Å². The Morgan fingerprint density at radius 3 is 1.89 bits per heavy atom. The van der Waals surface area contributed by atoms with Crippen molar-refractivity contribution < 1.29 is 14.3 Å². The average molecular weight is 507 g/mol. The lowest BCUT2D eigenvalue weighted by molar-refractivity contribution is -0.117. The highest BCUT2D eigenvalue weighted by atomic mass is 16.5. The van der Waals surface area contributed by atoms with Gasteiger partial charge in [-0.2, -0.15) is 0 Å². The SMILES string of the molecule is CC1(C)c2cccc(NC(=O)Nc3ccccc3)c2Oc2c(NC(=O)[C@H](N)Cc3ccccc3)cccc21. The molecule has 0 spiro atoms. The van der Waals surface area contributed by atoms with Gasteiger partial charge in [0.1, 0.15) is 0 Å². The van der Waals surface area contributed by atoms with E-state index in [1.807, 2.05) is 84.9 Å². The third-order valence-electron chi connectivity index (χ3n) is 6.75. The van der Waals surface area contributed by atoms with E-state index < -0.39 is 11.5 Å². The fourth-order valence-electron chi connectivity index (χ4n) is 4.71. The van der Waals surface area contributed by atoms with Crippen LogP contribution in [0.25, 0.3) is 0 Å². The van der Waals surface area contributed by atoms with Crippen LogP contribution in [0, 0.1) is 0 Å². The van der Waals surface area contributed by atoms with Gasteiger partial charge in [-0.15, -0.1) is 0 Å². The van der Waals surface area contributed by atoms with Crippen LogP contribution in [0.3, 0.4) is 0 Å². The predicted molar refractivity (Wildman–Crippen MR) is 151 cm³/mol. The minimum Gasteiger partial charge on any atom is -0.452 e. The molecule has 0 saturated heterocycles. The van der Waals surface area contributed by atoms with Crippen molar-refractivity contribution in [2.24, 2.45) is 5.73 Å². The molecule has 5 N–H and O–H groups in total. The van der Waals surface area contributed by atoms with Gasteiger partial charge in [0.2, 0.25) is 5.91 Å². The predicted octanol–water partition coefficient (Wildman–Crippen LogP) is 6.27. The molecule has 3 amide bonds. The van der Waals surface area contributed by atoms with E-state index in [1.54, 1.807) is 12.1 Å². The molecule has 0 aliphatic carbocycles. The van der Waals surface area contributed by atoms with Gasteiger partial charge >= 0.3 is 6.03 Å². The number of benzene rings is 4. The highest BCUT2D eigenvalue weighted by Crippen LogP contribution is 2.52. The van der Waals surface area contributed by atoms with Gasteiger partial charge in [0.05, 0.1) is 17.4 Å². The van der Waals surface area contributed by atoms with Crippen LogP contribution in [0.15, 0.2) is 97.1 Å². The Balaban J connectivity index is 1.41. The van der Waals surface area contributed by atoms with E-state index in [1.165, 1.54) is 0 Å². The van der Waals surface area contributed by atoms with Gasteiger partial charge in [-0.3, -0.25) is 4.79 Å². The van der Waals surface area contributed by atoms with E-state index in [-0.39, 0.29) is 11.9 Å². The zero-order valence-electron chi connectivity index (χ0n) is 21.3. The number of anilines is 3. The first-order valence-corrected chi connectivity index (χ1v) is 12.5. The van der Waals surface area contributed by atoms with E-state index in [0.717, 1.165) is 16.7 Å². The van der Waals surface area contributed by atoms with E-state index in [2.05, 4.69) is 29.8 Å². The lowest BCUT2D eigenvalue weighted by Gasteiger charge is -2.36. The van der Waals surface area contributed by atoms with Crippen molar-refractivity contribution >= 4 is 29.0 Å². The summed E-state index contributed by atoms with van der Waals surface area (Å²) in [5.74, 6) is 0.759. The molecule has 0 fully saturated rings. The van der Waals surface area contributed by atoms with E-state index in [0.29, 0.717) is 35.0 Å². The van der Waals surface area contributed by atoms with Gasteiger partial charge in [0, 0.05) is 22.2 Å². The Kier molecular flexibility index (Phi) is 6.85. The standard InChI is InChI=1S/C31H30N4O3/c1-31(2)22-15-9-17-25(34-29(36)24(32)19-20-11-5-3-6-12-20)27(22)38-28-23(31)16-10-18-26(28)35-30(37)33-21-13-7-4-8-14-21/h3-18,24H,19,32H2,1-2H3,(H,34,36)(H2,33,35,37)/t24-/m1/s1. The molecule has 38 heavy (non-hydrogen) atoms. The van der Waals surface area contributed by atoms with Crippen LogP contribution in [0.4, 0.5) is 21.9 Å². The third kappa shape index (κ3) is 5.10. The highest BCUT2D eigenvalue weighted by molar-refractivity contribution is 6.01. The Hall–Kier alpha value is -4.62. The minimum absolute atomic E-state index is 0.303. The van der Waals surface area contributed by atoms with Crippen molar-refractivity contribution in [3.05, 3.63) is 114 Å². The minimum atomic E-state index is -0.726. The van der Waals surface area contributed by atoms with Crippen LogP contribution >= 0.6 is 0 Å². The number of urea groups is 1. The molecule has 4 aromatic carbocycles. The first-order chi connectivity index (χ1) is 18.3. The smallest absolute Gasteiger partial charge is 0.323 e. The Bertz CT molecular complexity index is 1470. The van der Waals surface area contributed by atoms with Crippen molar-refractivity contribution in [3.63, 3.8) is 0 Å². The monoisotopic (exact) mass is 506 g/mol. The molecule has 4 aromatic rings. The average Bonchev–Trinajstić information content (AvgIpc) is 2.91. The molecule has 1 aliphatic rings. The fraction of sp³-hybridized carbons (Fsp3) is 0.161. The molecular formula is C31H30N4O3. The summed E-state index contributed by atoms with van der Waals surface area (Å²) in [5.41, 5.74) is 10.3. The highest BCUT2D eigenvalue weighted by Gasteiger charge is 2.37. The zero-order valence-corrected chi connectivity index (χ0v) is 21.3. The summed E-state index contributed by atoms with van der Waals surface area (Å²) < 4.78 is 6.43. The fourth-order valence-corrected chi connectivity index (χ4v) is 4.71. The second-order valence-corrected chi connectivity index (χ2v) is 9.82. The summed E-state index contributed by atoms with van der Waals surface area (Å²) in [7, 11) is 0. The van der Waals surface area contributed by atoms with E-state index in [4.69, 9.17) is 10.5 Å². The molecule has 7 heteroatoms. The van der Waals surface area contributed by atoms with Crippen LogP contribution in [-0.4, -0.2) is 18.0 Å². The molecule has 1 heterocycles. The van der Waals surface area contributed by atoms with Crippen molar-refractivity contribution in [1.29, 1.82) is 0 Å². The number of carbonyl (C=O) groups is 2. The van der Waals surface area contributed by atoms with Gasteiger partial charge < -0.3 is 26.4 Å². The summed E-state index contributed by atoms with van der Waals surface area (Å²) >= 11 is 0. The number of hydrogen-bond donors (Lipinski definition) is 4. The van der Waals surface area contributed by atoms with Gasteiger partial charge in [0.15, 0.2) is 11.5 Å². The summed E-state index contributed by atoms with van der Waals surface area (Å²) in [4.78, 5) is 25.8. The number of carbonyl (C=O) groups excluding carboxylic acids is 2. The molecule has 0 saturated carbocycles. The maximum Gasteiger partial charge on any atom is 0.323 e. The Morgan fingerprint density at radius 1 is 0.737 bits per heavy atom. The first-order valence-electron chi connectivity index (χ1n) is 12.5. The van der Waals surface area contributed by atoms with Gasteiger partial charge in [-0.25, -0.2) is 4.79 Å². The third-order valence-corrected chi connectivity index (χ3v) is 6.75. The molecule has 192 valence electrons. The summed E-state index contributed by atoms with van der Waals surface area (Å²) in [6.45, 7) is 4.18. The summed E-state index contributed by atoms with van der Waals surface area (Å²) in [6, 6.07) is 29.1. The molecule has 7 nitrogen and oxygen atoms in total. The van der Waals surface area contributed by atoms with Crippen molar-refractivity contribution in [2.45, 2.75) is 31.7 Å². The van der Waals surface area contributed by atoms with Crippen molar-refractivity contribution in [1.82, 2.24) is 0 Å². The normalized spacial score (nSPS) is 13.8. The number of rotatable bonds is 6. The van der Waals surface area contributed by atoms with Crippen LogP contribution in [-0.2, 0) is 16.6 Å². The molecule has 5 rings (SSSR count). The van der Waals surface area contributed by atoms with E-state index >= 15 is 0 Å². The second kappa shape index (κ2) is 10.4. The number of hydrogen-bond acceptors (Lipinski definition) is 4. The van der Waals surface area contributed by atoms with Gasteiger partial charge in [-0.1, -0.05) is 86.6 Å². The number of fused-ring (bicyclic) bond motifs is 2. The molecule has 0 bridgehead atoms. The lowest BCUT2D eigenvalue weighted by Crippen LogP contribution is -2.37. The number of nitrogens with one attached hydrogen (secondary N) is 3. The van der Waals surface area contributed by atoms with Crippen molar-refractivity contribution in [3.8, 4) is 11.5 Å². The zero-order chi connectivity index (χ0) is 26.7. The molecule has 0 aromatic heterocycles. The number of nitrogens with two attached hydrogens (primary N) is 1. The quantitative estimate of drug-likeness (QED) is 0.247. The maximum atomic E-state index is 13.0. The Morgan fingerprint density at radius 2 is 1.29 bits per heavy atom. The van der Waals surface area contributed by atoms with Crippen LogP contribution in [0.1, 0.15) is 30.5 Å². The maximum absolute atomic E-state index is 13.0. The largest absolute Gasteiger partial charge is 0.452 e. The van der Waals surface area contributed by atoms with E-state index in [9.17, 15) is 9.59 Å². The number of amides is 3. The van der Waals surface area contributed by atoms with Crippen LogP contribution in [0.5, 0.6) is 11.5 Å². The van der Waals surface area contributed by atoms with Crippen LogP contribution < -0.4 is 26.4 Å². The molecule has 1 atom stereocenters. The molecular weight excluding hydrogens is 476 g/mol. The van der Waals surface area contributed by atoms with Gasteiger partial charge in [0.25, 0.3) is 0 Å². The second-order valence-electron chi connectivity index (χ2n) is 9.82. The van der Waals surface area contributed by atoms with Crippen LogP contribution in [0.2, 0.25) is 0 Å². The number of para-hydroxylation sites is 3. The lowest BCUT2D eigenvalue weighted by atomic mass is 9.75. The summed E-state index contributed by atoms with van der Waals surface area (Å²) in [5, 5.41) is 8.70.